The SMILES string of the molecule is CC1NC2=C(C=C1C(=O)N=C(N)N)CCCCC2. The van der Waals surface area contributed by atoms with Crippen molar-refractivity contribution in [2.45, 2.75) is 45.1 Å². The first-order valence-corrected chi connectivity index (χ1v) is 6.42. The second kappa shape index (κ2) is 5.25. The van der Waals surface area contributed by atoms with E-state index < -0.39 is 0 Å². The first kappa shape index (κ1) is 12.7. The molecule has 18 heavy (non-hydrogen) atoms. The van der Waals surface area contributed by atoms with E-state index in [4.69, 9.17) is 11.5 Å². The lowest BCUT2D eigenvalue weighted by Gasteiger charge is -2.25. The summed E-state index contributed by atoms with van der Waals surface area (Å²) in [7, 11) is 0. The molecule has 0 aromatic heterocycles. The zero-order valence-electron chi connectivity index (χ0n) is 10.7. The molecule has 0 bridgehead atoms. The van der Waals surface area contributed by atoms with Gasteiger partial charge in [0.15, 0.2) is 5.96 Å². The largest absolute Gasteiger partial charge is 0.381 e. The molecule has 1 aliphatic heterocycles. The van der Waals surface area contributed by atoms with Crippen molar-refractivity contribution in [2.24, 2.45) is 16.5 Å². The topological polar surface area (TPSA) is 93.5 Å². The average Bonchev–Trinajstić information content (AvgIpc) is 2.51. The number of dihydropyridines is 1. The van der Waals surface area contributed by atoms with E-state index in [0.717, 1.165) is 12.8 Å². The molecule has 2 rings (SSSR count). The summed E-state index contributed by atoms with van der Waals surface area (Å²) in [5.74, 6) is -0.528. The predicted octanol–water partition coefficient (Wildman–Crippen LogP) is 0.923. The molecule has 5 nitrogen and oxygen atoms in total. The van der Waals surface area contributed by atoms with Crippen LogP contribution in [-0.4, -0.2) is 17.9 Å². The lowest BCUT2D eigenvalue weighted by Crippen LogP contribution is -2.35. The molecule has 0 aromatic carbocycles. The Morgan fingerprint density at radius 1 is 1.33 bits per heavy atom. The highest BCUT2D eigenvalue weighted by molar-refractivity contribution is 6.02. The minimum Gasteiger partial charge on any atom is -0.381 e. The molecule has 0 spiro atoms. The molecule has 5 heteroatoms. The maximum atomic E-state index is 11.9. The predicted molar refractivity (Wildman–Crippen MR) is 71.6 cm³/mol. The smallest absolute Gasteiger partial charge is 0.278 e. The molecule has 1 heterocycles. The lowest BCUT2D eigenvalue weighted by molar-refractivity contribution is -0.114. The Morgan fingerprint density at radius 3 is 2.78 bits per heavy atom. The standard InChI is InChI=1S/C13H20N4O/c1-8-10(12(18)17-13(14)15)7-9-5-3-2-4-6-11(9)16-8/h7-8,16H,2-6H2,1H3,(H4,14,15,17,18). The maximum absolute atomic E-state index is 11.9. The van der Waals surface area contributed by atoms with Crippen LogP contribution in [0, 0.1) is 0 Å². The van der Waals surface area contributed by atoms with Gasteiger partial charge in [-0.15, -0.1) is 0 Å². The Hall–Kier alpha value is -1.78. The molecule has 1 unspecified atom stereocenters. The third-order valence-corrected chi connectivity index (χ3v) is 3.43. The Labute approximate surface area is 107 Å². The molecular weight excluding hydrogens is 228 g/mol. The normalized spacial score (nSPS) is 23.4. The molecule has 0 radical (unpaired) electrons. The highest BCUT2D eigenvalue weighted by atomic mass is 16.1. The van der Waals surface area contributed by atoms with E-state index in [-0.39, 0.29) is 17.9 Å². The van der Waals surface area contributed by atoms with Gasteiger partial charge in [0.25, 0.3) is 5.91 Å². The zero-order valence-corrected chi connectivity index (χ0v) is 10.7. The van der Waals surface area contributed by atoms with Crippen molar-refractivity contribution in [1.29, 1.82) is 0 Å². The van der Waals surface area contributed by atoms with Crippen molar-refractivity contribution in [3.63, 3.8) is 0 Å². The third-order valence-electron chi connectivity index (χ3n) is 3.43. The van der Waals surface area contributed by atoms with E-state index in [1.165, 1.54) is 30.5 Å². The van der Waals surface area contributed by atoms with Crippen LogP contribution in [0.15, 0.2) is 27.9 Å². The molecule has 98 valence electrons. The summed E-state index contributed by atoms with van der Waals surface area (Å²) >= 11 is 0. The molecule has 2 aliphatic rings. The minimum absolute atomic E-state index is 0.0301. The highest BCUT2D eigenvalue weighted by Gasteiger charge is 2.24. The van der Waals surface area contributed by atoms with Gasteiger partial charge in [0.1, 0.15) is 0 Å². The Kier molecular flexibility index (Phi) is 3.69. The van der Waals surface area contributed by atoms with E-state index in [1.54, 1.807) is 0 Å². The van der Waals surface area contributed by atoms with E-state index in [1.807, 2.05) is 13.0 Å². The van der Waals surface area contributed by atoms with Crippen LogP contribution in [0.25, 0.3) is 0 Å². The van der Waals surface area contributed by atoms with Crippen LogP contribution in [0.5, 0.6) is 0 Å². The zero-order chi connectivity index (χ0) is 13.1. The second-order valence-corrected chi connectivity index (χ2v) is 4.87. The van der Waals surface area contributed by atoms with Gasteiger partial charge in [-0.1, -0.05) is 6.42 Å². The molecule has 0 saturated heterocycles. The Balaban J connectivity index is 2.27. The van der Waals surface area contributed by atoms with E-state index in [2.05, 4.69) is 10.3 Å². The number of nitrogens with one attached hydrogen (secondary N) is 1. The quantitative estimate of drug-likeness (QED) is 0.475. The molecule has 0 fully saturated rings. The van der Waals surface area contributed by atoms with Gasteiger partial charge in [0.05, 0.1) is 6.04 Å². The molecule has 1 aliphatic carbocycles. The fourth-order valence-corrected chi connectivity index (χ4v) is 2.51. The number of carbonyl (C=O) groups is 1. The highest BCUT2D eigenvalue weighted by Crippen LogP contribution is 2.28. The van der Waals surface area contributed by atoms with E-state index in [0.29, 0.717) is 5.57 Å². The van der Waals surface area contributed by atoms with Gasteiger partial charge in [-0.3, -0.25) is 4.79 Å². The summed E-state index contributed by atoms with van der Waals surface area (Å²) < 4.78 is 0. The van der Waals surface area contributed by atoms with Crippen molar-refractivity contribution in [3.8, 4) is 0 Å². The number of nitrogens with two attached hydrogens (primary N) is 2. The number of hydrogen-bond acceptors (Lipinski definition) is 2. The number of rotatable bonds is 1. The fourth-order valence-electron chi connectivity index (χ4n) is 2.51. The lowest BCUT2D eigenvalue weighted by atomic mass is 9.96. The summed E-state index contributed by atoms with van der Waals surface area (Å²) in [6.07, 6.45) is 7.69. The number of allylic oxidation sites excluding steroid dienone is 3. The number of amides is 1. The first-order chi connectivity index (χ1) is 8.58. The summed E-state index contributed by atoms with van der Waals surface area (Å²) in [6, 6.07) is -0.0301. The maximum Gasteiger partial charge on any atom is 0.278 e. The van der Waals surface area contributed by atoms with Crippen molar-refractivity contribution < 1.29 is 4.79 Å². The van der Waals surface area contributed by atoms with Gasteiger partial charge >= 0.3 is 0 Å². The average molecular weight is 248 g/mol. The number of nitrogens with zero attached hydrogens (tertiary/aromatic N) is 1. The van der Waals surface area contributed by atoms with Gasteiger partial charge in [0, 0.05) is 11.3 Å². The molecule has 1 amide bonds. The molecule has 0 aromatic rings. The van der Waals surface area contributed by atoms with Gasteiger partial charge in [0.2, 0.25) is 0 Å². The van der Waals surface area contributed by atoms with Crippen molar-refractivity contribution in [2.75, 3.05) is 0 Å². The van der Waals surface area contributed by atoms with Crippen LogP contribution in [0.3, 0.4) is 0 Å². The second-order valence-electron chi connectivity index (χ2n) is 4.87. The van der Waals surface area contributed by atoms with E-state index in [9.17, 15) is 4.79 Å². The van der Waals surface area contributed by atoms with Crippen LogP contribution in [0.1, 0.15) is 39.0 Å². The van der Waals surface area contributed by atoms with Crippen molar-refractivity contribution >= 4 is 11.9 Å². The first-order valence-electron chi connectivity index (χ1n) is 6.42. The Bertz CT molecular complexity index is 444. The molecule has 0 saturated carbocycles. The summed E-state index contributed by atoms with van der Waals surface area (Å²) in [4.78, 5) is 15.5. The minimum atomic E-state index is -0.342. The van der Waals surface area contributed by atoms with Crippen LogP contribution in [0.4, 0.5) is 0 Å². The number of carbonyl (C=O) groups excluding carboxylic acids is 1. The van der Waals surface area contributed by atoms with Crippen LogP contribution in [0.2, 0.25) is 0 Å². The summed E-state index contributed by atoms with van der Waals surface area (Å²) in [5.41, 5.74) is 13.7. The molecular formula is C13H20N4O. The summed E-state index contributed by atoms with van der Waals surface area (Å²) in [5, 5.41) is 3.40. The third kappa shape index (κ3) is 2.72. The molecule has 5 N–H and O–H groups in total. The molecule has 1 atom stereocenters. The van der Waals surface area contributed by atoms with E-state index >= 15 is 0 Å². The summed E-state index contributed by atoms with van der Waals surface area (Å²) in [6.45, 7) is 1.96. The number of aliphatic imine (C=N–C) groups is 1. The number of hydrogen-bond donors (Lipinski definition) is 3. The van der Waals surface area contributed by atoms with Gasteiger partial charge in [-0.25, -0.2) is 0 Å². The van der Waals surface area contributed by atoms with Gasteiger partial charge < -0.3 is 16.8 Å². The monoisotopic (exact) mass is 248 g/mol. The van der Waals surface area contributed by atoms with Gasteiger partial charge in [-0.2, -0.15) is 4.99 Å². The van der Waals surface area contributed by atoms with Crippen molar-refractivity contribution in [1.82, 2.24) is 5.32 Å². The van der Waals surface area contributed by atoms with Gasteiger partial charge in [-0.05, 0) is 44.3 Å². The van der Waals surface area contributed by atoms with Crippen LogP contribution in [-0.2, 0) is 4.79 Å². The van der Waals surface area contributed by atoms with Crippen LogP contribution >= 0.6 is 0 Å². The Morgan fingerprint density at radius 2 is 2.06 bits per heavy atom. The van der Waals surface area contributed by atoms with Crippen molar-refractivity contribution in [3.05, 3.63) is 22.9 Å². The van der Waals surface area contributed by atoms with Crippen LogP contribution < -0.4 is 16.8 Å². The fraction of sp³-hybridized carbons (Fsp3) is 0.538. The number of guanidine groups is 1.